The molecule has 13 nitrogen and oxygen atoms in total. The van der Waals surface area contributed by atoms with Gasteiger partial charge in [-0.3, -0.25) is 14.4 Å². The van der Waals surface area contributed by atoms with E-state index in [1.54, 1.807) is 36.4 Å². The van der Waals surface area contributed by atoms with Crippen molar-refractivity contribution < 1.29 is 47.8 Å². The lowest BCUT2D eigenvalue weighted by Gasteiger charge is -2.20. The van der Waals surface area contributed by atoms with E-state index >= 15 is 0 Å². The Kier molecular flexibility index (Phi) is 20.2. The number of carboxylic acid groups (broad SMARTS) is 1. The van der Waals surface area contributed by atoms with Crippen molar-refractivity contribution in [3.8, 4) is 28.6 Å². The Morgan fingerprint density at radius 3 is 1.67 bits per heavy atom. The van der Waals surface area contributed by atoms with Gasteiger partial charge < -0.3 is 29.2 Å². The molecule has 0 aliphatic rings. The van der Waals surface area contributed by atoms with Crippen LogP contribution in [-0.4, -0.2) is 71.7 Å². The van der Waals surface area contributed by atoms with Gasteiger partial charge in [0.25, 0.3) is 11.8 Å². The predicted molar refractivity (Wildman–Crippen MR) is 278 cm³/mol. The van der Waals surface area contributed by atoms with Crippen LogP contribution in [0, 0.1) is 5.92 Å². The van der Waals surface area contributed by atoms with Crippen LogP contribution in [-0.2, 0) is 42.7 Å². The van der Waals surface area contributed by atoms with Gasteiger partial charge in [0.1, 0.15) is 11.8 Å². The van der Waals surface area contributed by atoms with E-state index in [2.05, 4.69) is 63.9 Å². The van der Waals surface area contributed by atoms with Crippen molar-refractivity contribution in [1.29, 1.82) is 0 Å². The molecule has 0 fully saturated rings. The number of nitrogens with one attached hydrogen (secondary N) is 1. The first-order valence-corrected chi connectivity index (χ1v) is 24.5. The second-order valence-corrected chi connectivity index (χ2v) is 19.9. The summed E-state index contributed by atoms with van der Waals surface area (Å²) in [6.45, 7) is 15.6. The molecule has 2 N–H and O–H groups in total. The highest BCUT2D eigenvalue weighted by Gasteiger charge is 2.26. The van der Waals surface area contributed by atoms with Gasteiger partial charge in [0.05, 0.1) is 32.3 Å². The number of methoxy groups -OCH3 is 2. The zero-order valence-electron chi connectivity index (χ0n) is 43.1. The average Bonchev–Trinajstić information content (AvgIpc) is 3.87. The zero-order valence-corrected chi connectivity index (χ0v) is 43.1. The molecule has 2 atom stereocenters. The summed E-state index contributed by atoms with van der Waals surface area (Å²) >= 11 is 0. The third-order valence-electron chi connectivity index (χ3n) is 12.2. The number of aromatic nitrogens is 2. The smallest absolute Gasteiger partial charge is 0.335 e. The lowest BCUT2D eigenvalue weighted by atomic mass is 9.86. The first kappa shape index (κ1) is 55.5. The maximum Gasteiger partial charge on any atom is 0.335 e. The number of amides is 1. The molecule has 1 amide bonds. The molecule has 0 saturated heterocycles. The largest absolute Gasteiger partial charge is 0.494 e. The zero-order chi connectivity index (χ0) is 52.4. The van der Waals surface area contributed by atoms with Crippen molar-refractivity contribution >= 4 is 29.6 Å². The fourth-order valence-electron chi connectivity index (χ4n) is 7.74. The van der Waals surface area contributed by atoms with Crippen molar-refractivity contribution in [2.24, 2.45) is 5.92 Å². The van der Waals surface area contributed by atoms with Crippen LogP contribution in [0.2, 0.25) is 0 Å². The number of hydrogen-bond donors (Lipinski definition) is 2. The molecule has 0 saturated carbocycles. The predicted octanol–water partition coefficient (Wildman–Crippen LogP) is 11.9. The minimum atomic E-state index is -1.01. The number of Topliss-reactive ketones (excluding diaryl/α,β-unsaturated/α-hetero) is 1. The van der Waals surface area contributed by atoms with Crippen molar-refractivity contribution in [2.75, 3.05) is 20.8 Å². The van der Waals surface area contributed by atoms with Gasteiger partial charge >= 0.3 is 17.9 Å². The number of ketones is 1. The Labute approximate surface area is 423 Å². The van der Waals surface area contributed by atoms with Crippen LogP contribution in [0.15, 0.2) is 126 Å². The van der Waals surface area contributed by atoms with Gasteiger partial charge in [-0.05, 0) is 107 Å². The average molecular weight is 980 g/mol. The topological polar surface area (TPSA) is 184 Å². The maximum absolute atomic E-state index is 12.9. The SMILES string of the molecule is CCCCCCCOc1ccc(-c2noc(-c3ccc(C[C@H](NC(=O)c4ccc(C(C)(C)C)cc4)C(=O)OC)cc3)n2)cc1.COC(=O)[C@@H](CC(=O)c1ccc(C(C)(C)C)cc1)Cc1ccc(C(=O)O)cc1. The molecule has 0 bridgehead atoms. The maximum atomic E-state index is 12.9. The molecule has 0 spiro atoms. The molecule has 6 rings (SSSR count). The number of esters is 2. The second kappa shape index (κ2) is 26.2. The van der Waals surface area contributed by atoms with Gasteiger partial charge in [-0.1, -0.05) is 140 Å². The van der Waals surface area contributed by atoms with E-state index in [-0.39, 0.29) is 40.9 Å². The summed E-state index contributed by atoms with van der Waals surface area (Å²) in [4.78, 5) is 65.9. The molecule has 72 heavy (non-hydrogen) atoms. The summed E-state index contributed by atoms with van der Waals surface area (Å²) in [5, 5.41) is 15.9. The summed E-state index contributed by atoms with van der Waals surface area (Å²) in [5.41, 5.74) is 6.63. The van der Waals surface area contributed by atoms with Crippen LogP contribution in [0.5, 0.6) is 5.75 Å². The van der Waals surface area contributed by atoms with Crippen molar-refractivity contribution in [3.05, 3.63) is 160 Å². The van der Waals surface area contributed by atoms with E-state index in [0.717, 1.165) is 45.6 Å². The van der Waals surface area contributed by atoms with E-state index in [1.165, 1.54) is 52.0 Å². The molecule has 0 aliphatic heterocycles. The molecule has 0 radical (unpaired) electrons. The van der Waals surface area contributed by atoms with Crippen molar-refractivity contribution in [2.45, 2.75) is 117 Å². The van der Waals surface area contributed by atoms with Gasteiger partial charge in [0.15, 0.2) is 5.78 Å². The Balaban J connectivity index is 0.000000296. The van der Waals surface area contributed by atoms with Crippen LogP contribution in [0.4, 0.5) is 0 Å². The first-order chi connectivity index (χ1) is 34.3. The van der Waals surface area contributed by atoms with Crippen molar-refractivity contribution in [1.82, 2.24) is 15.5 Å². The number of nitrogens with zero attached hydrogens (tertiary/aromatic N) is 2. The Hall–Kier alpha value is -7.41. The third-order valence-corrected chi connectivity index (χ3v) is 12.2. The highest BCUT2D eigenvalue weighted by Crippen LogP contribution is 2.27. The Morgan fingerprint density at radius 2 is 1.12 bits per heavy atom. The number of unbranched alkanes of at least 4 members (excludes halogenated alkanes) is 4. The van der Waals surface area contributed by atoms with E-state index in [4.69, 9.17) is 23.8 Å². The molecule has 5 aromatic carbocycles. The minimum absolute atomic E-state index is 0.00174. The number of rotatable bonds is 21. The number of aromatic carboxylic acids is 1. The van der Waals surface area contributed by atoms with Crippen LogP contribution >= 0.6 is 0 Å². The summed E-state index contributed by atoms with van der Waals surface area (Å²) in [6.07, 6.45) is 6.60. The Morgan fingerprint density at radius 1 is 0.611 bits per heavy atom. The molecule has 1 heterocycles. The third kappa shape index (κ3) is 16.6. The van der Waals surface area contributed by atoms with Gasteiger partial charge in [0.2, 0.25) is 5.82 Å². The fraction of sp³-hybridized carbons (Fsp3) is 0.373. The quantitative estimate of drug-likeness (QED) is 0.0396. The molecular weight excluding hydrogens is 911 g/mol. The Bertz CT molecular complexity index is 2700. The van der Waals surface area contributed by atoms with Gasteiger partial charge in [-0.25, -0.2) is 9.59 Å². The number of ether oxygens (including phenoxy) is 3. The fourth-order valence-corrected chi connectivity index (χ4v) is 7.74. The first-order valence-electron chi connectivity index (χ1n) is 24.5. The molecule has 380 valence electrons. The summed E-state index contributed by atoms with van der Waals surface area (Å²) in [5.74, 6) is -1.38. The lowest BCUT2D eigenvalue weighted by molar-refractivity contribution is -0.145. The molecule has 1 aromatic heterocycles. The molecule has 13 heteroatoms. The van der Waals surface area contributed by atoms with Crippen molar-refractivity contribution in [3.63, 3.8) is 0 Å². The highest BCUT2D eigenvalue weighted by atomic mass is 16.5. The lowest BCUT2D eigenvalue weighted by Crippen LogP contribution is -2.43. The van der Waals surface area contributed by atoms with E-state index in [0.29, 0.717) is 35.9 Å². The normalized spacial score (nSPS) is 12.1. The molecule has 0 unspecified atom stereocenters. The molecular formula is C59H69N3O10. The van der Waals surface area contributed by atoms with E-state index in [1.807, 2.05) is 72.8 Å². The standard InChI is InChI=1S/C36H43N3O5.C23H26O5/c1-6-7-8-9-10-23-43-30-21-17-26(18-22-30)32-38-34(44-39-32)28-13-11-25(12-14-28)24-31(35(41)42-5)37-33(40)27-15-19-29(20-16-27)36(2,3)4;1-23(2,3)19-11-9-16(10-12-19)20(24)14-18(22(27)28-4)13-15-5-7-17(8-6-15)21(25)26/h11-22,31H,6-10,23-24H2,1-5H3,(H,37,40);5-12,18H,13-14H2,1-4H3,(H,25,26)/t31-;18-/m01/s1. The van der Waals surface area contributed by atoms with Crippen LogP contribution in [0.25, 0.3) is 22.8 Å². The van der Waals surface area contributed by atoms with Crippen LogP contribution in [0.1, 0.15) is 140 Å². The van der Waals surface area contributed by atoms with E-state index in [9.17, 15) is 24.0 Å². The second-order valence-electron chi connectivity index (χ2n) is 19.9. The van der Waals surface area contributed by atoms with E-state index < -0.39 is 29.9 Å². The monoisotopic (exact) mass is 979 g/mol. The van der Waals surface area contributed by atoms with Gasteiger partial charge in [0, 0.05) is 35.1 Å². The molecule has 0 aliphatic carbocycles. The van der Waals surface area contributed by atoms with Gasteiger partial charge in [-0.15, -0.1) is 0 Å². The summed E-state index contributed by atoms with van der Waals surface area (Å²) < 4.78 is 21.2. The van der Waals surface area contributed by atoms with Crippen LogP contribution < -0.4 is 10.1 Å². The minimum Gasteiger partial charge on any atom is -0.494 e. The van der Waals surface area contributed by atoms with Crippen LogP contribution in [0.3, 0.4) is 0 Å². The summed E-state index contributed by atoms with van der Waals surface area (Å²) in [7, 11) is 2.61. The van der Waals surface area contributed by atoms with Gasteiger partial charge in [-0.2, -0.15) is 4.98 Å². The molecule has 6 aromatic rings. The number of benzene rings is 5. The highest BCUT2D eigenvalue weighted by molar-refractivity contribution is 5.98. The summed E-state index contributed by atoms with van der Waals surface area (Å²) in [6, 6.07) is 35.4. The number of carboxylic acids is 1. The number of hydrogen-bond acceptors (Lipinski definition) is 11. The number of carbonyl (C=O) groups is 5. The number of carbonyl (C=O) groups excluding carboxylic acids is 4.